The molecule has 0 saturated heterocycles. The Kier molecular flexibility index (Phi) is 5.17. The number of ether oxygens (including phenoxy) is 1. The van der Waals surface area contributed by atoms with Gasteiger partial charge in [-0.05, 0) is 80.0 Å². The standard InChI is InChI=1S/C21H31NO2/c1-13(2)19-8-7-18(9-14(19)3)24-12-21(23)22-15(4)20-11-16-5-6-17(20)10-16/h7-9,13,15-17,20H,5-6,10-12H2,1-4H3,(H,22,23)/t15-,16-,17-,20+/m1/s1. The largest absolute Gasteiger partial charge is 0.484 e. The van der Waals surface area contributed by atoms with Crippen LogP contribution in [0, 0.1) is 24.7 Å². The summed E-state index contributed by atoms with van der Waals surface area (Å²) in [6.45, 7) is 8.73. The Morgan fingerprint density at radius 2 is 2.04 bits per heavy atom. The van der Waals surface area contributed by atoms with E-state index >= 15 is 0 Å². The van der Waals surface area contributed by atoms with Crippen LogP contribution in [-0.4, -0.2) is 18.6 Å². The molecule has 0 unspecified atom stereocenters. The second-order valence-electron chi connectivity index (χ2n) is 8.16. The summed E-state index contributed by atoms with van der Waals surface area (Å²) in [6, 6.07) is 6.36. The summed E-state index contributed by atoms with van der Waals surface area (Å²) < 4.78 is 5.70. The van der Waals surface area contributed by atoms with E-state index < -0.39 is 0 Å². The van der Waals surface area contributed by atoms with Crippen LogP contribution >= 0.6 is 0 Å². The quantitative estimate of drug-likeness (QED) is 0.838. The highest BCUT2D eigenvalue weighted by atomic mass is 16.5. The van der Waals surface area contributed by atoms with E-state index in [1.807, 2.05) is 12.1 Å². The molecule has 2 bridgehead atoms. The number of carbonyl (C=O) groups is 1. The van der Waals surface area contributed by atoms with Crippen molar-refractivity contribution in [2.75, 3.05) is 6.61 Å². The van der Waals surface area contributed by atoms with Crippen LogP contribution in [0.5, 0.6) is 5.75 Å². The third-order valence-corrected chi connectivity index (χ3v) is 6.06. The van der Waals surface area contributed by atoms with Crippen molar-refractivity contribution in [3.63, 3.8) is 0 Å². The van der Waals surface area contributed by atoms with Crippen molar-refractivity contribution in [2.45, 2.75) is 65.3 Å². The Bertz CT molecular complexity index is 596. The number of nitrogens with one attached hydrogen (secondary N) is 1. The van der Waals surface area contributed by atoms with Crippen LogP contribution in [0.15, 0.2) is 18.2 Å². The molecule has 0 aliphatic heterocycles. The predicted molar refractivity (Wildman–Crippen MR) is 97.3 cm³/mol. The van der Waals surface area contributed by atoms with Crippen molar-refractivity contribution in [1.29, 1.82) is 0 Å². The van der Waals surface area contributed by atoms with Gasteiger partial charge in [0.2, 0.25) is 0 Å². The molecule has 3 heteroatoms. The zero-order valence-electron chi connectivity index (χ0n) is 15.5. The average molecular weight is 329 g/mol. The summed E-state index contributed by atoms with van der Waals surface area (Å²) >= 11 is 0. The predicted octanol–water partition coefficient (Wildman–Crippen LogP) is 4.44. The molecule has 0 heterocycles. The number of fused-ring (bicyclic) bond motifs is 2. The molecule has 1 amide bonds. The van der Waals surface area contributed by atoms with E-state index in [9.17, 15) is 4.79 Å². The van der Waals surface area contributed by atoms with Gasteiger partial charge in [0.05, 0.1) is 0 Å². The lowest BCUT2D eigenvalue weighted by atomic mass is 9.84. The molecule has 3 nitrogen and oxygen atoms in total. The number of hydrogen-bond acceptors (Lipinski definition) is 2. The number of hydrogen-bond donors (Lipinski definition) is 1. The summed E-state index contributed by atoms with van der Waals surface area (Å²) in [5, 5.41) is 3.16. The first-order valence-electron chi connectivity index (χ1n) is 9.46. The van der Waals surface area contributed by atoms with Gasteiger partial charge in [-0.2, -0.15) is 0 Å². The Morgan fingerprint density at radius 3 is 2.62 bits per heavy atom. The minimum Gasteiger partial charge on any atom is -0.484 e. The minimum absolute atomic E-state index is 0.00383. The van der Waals surface area contributed by atoms with Crippen molar-refractivity contribution in [2.24, 2.45) is 17.8 Å². The fourth-order valence-corrected chi connectivity index (χ4v) is 4.84. The number of benzene rings is 1. The molecule has 3 rings (SSSR count). The molecule has 4 atom stereocenters. The SMILES string of the molecule is Cc1cc(OCC(=O)N[C@H](C)[C@@H]2C[C@@H]3CC[C@@H]2C3)ccc1C(C)C. The molecule has 0 radical (unpaired) electrons. The summed E-state index contributed by atoms with van der Waals surface area (Å²) in [6.07, 6.45) is 5.43. The highest BCUT2D eigenvalue weighted by Gasteiger charge is 2.42. The molecule has 24 heavy (non-hydrogen) atoms. The third-order valence-electron chi connectivity index (χ3n) is 6.06. The van der Waals surface area contributed by atoms with Crippen molar-refractivity contribution >= 4 is 5.91 Å². The summed E-state index contributed by atoms with van der Waals surface area (Å²) in [5.41, 5.74) is 2.55. The maximum atomic E-state index is 12.2. The summed E-state index contributed by atoms with van der Waals surface area (Å²) in [5.74, 6) is 3.69. The number of aryl methyl sites for hydroxylation is 1. The van der Waals surface area contributed by atoms with E-state index in [-0.39, 0.29) is 18.6 Å². The zero-order valence-corrected chi connectivity index (χ0v) is 15.5. The highest BCUT2D eigenvalue weighted by Crippen LogP contribution is 2.49. The van der Waals surface area contributed by atoms with Crippen LogP contribution < -0.4 is 10.1 Å². The normalized spacial score (nSPS) is 26.6. The molecule has 2 fully saturated rings. The maximum Gasteiger partial charge on any atom is 0.258 e. The van der Waals surface area contributed by atoms with Gasteiger partial charge < -0.3 is 10.1 Å². The fraction of sp³-hybridized carbons (Fsp3) is 0.667. The molecule has 1 aromatic rings. The first-order chi connectivity index (χ1) is 11.4. The Hall–Kier alpha value is -1.51. The van der Waals surface area contributed by atoms with Crippen LogP contribution in [-0.2, 0) is 4.79 Å². The van der Waals surface area contributed by atoms with Gasteiger partial charge in [0.15, 0.2) is 6.61 Å². The molecule has 2 aliphatic rings. The van der Waals surface area contributed by atoms with Crippen LogP contribution in [0.2, 0.25) is 0 Å². The van der Waals surface area contributed by atoms with Crippen molar-refractivity contribution < 1.29 is 9.53 Å². The number of amides is 1. The summed E-state index contributed by atoms with van der Waals surface area (Å²) in [4.78, 5) is 12.2. The van der Waals surface area contributed by atoms with Gasteiger partial charge in [0.25, 0.3) is 5.91 Å². The highest BCUT2D eigenvalue weighted by molar-refractivity contribution is 5.77. The lowest BCUT2D eigenvalue weighted by Crippen LogP contribution is -2.42. The van der Waals surface area contributed by atoms with Gasteiger partial charge in [0.1, 0.15) is 5.75 Å². The maximum absolute atomic E-state index is 12.2. The fourth-order valence-electron chi connectivity index (χ4n) is 4.84. The second kappa shape index (κ2) is 7.16. The summed E-state index contributed by atoms with van der Waals surface area (Å²) in [7, 11) is 0. The van der Waals surface area contributed by atoms with E-state index in [0.29, 0.717) is 11.8 Å². The second-order valence-corrected chi connectivity index (χ2v) is 8.16. The Morgan fingerprint density at radius 1 is 1.25 bits per heavy atom. The molecule has 1 aromatic carbocycles. The number of carbonyl (C=O) groups excluding carboxylic acids is 1. The molecule has 132 valence electrons. The van der Waals surface area contributed by atoms with Crippen molar-refractivity contribution in [3.8, 4) is 5.75 Å². The van der Waals surface area contributed by atoms with E-state index in [4.69, 9.17) is 4.74 Å². The van der Waals surface area contributed by atoms with Gasteiger partial charge in [-0.15, -0.1) is 0 Å². The lowest BCUT2D eigenvalue weighted by Gasteiger charge is -2.28. The van der Waals surface area contributed by atoms with E-state index in [0.717, 1.165) is 17.6 Å². The smallest absolute Gasteiger partial charge is 0.258 e. The van der Waals surface area contributed by atoms with Crippen LogP contribution in [0.25, 0.3) is 0 Å². The molecule has 1 N–H and O–H groups in total. The van der Waals surface area contributed by atoms with Crippen LogP contribution in [0.1, 0.15) is 63.5 Å². The van der Waals surface area contributed by atoms with Gasteiger partial charge in [-0.3, -0.25) is 4.79 Å². The van der Waals surface area contributed by atoms with Crippen LogP contribution in [0.4, 0.5) is 0 Å². The molecular formula is C21H31NO2. The minimum atomic E-state index is -0.00383. The van der Waals surface area contributed by atoms with E-state index in [1.54, 1.807) is 0 Å². The van der Waals surface area contributed by atoms with Crippen LogP contribution in [0.3, 0.4) is 0 Å². The average Bonchev–Trinajstić information content (AvgIpc) is 3.15. The molecular weight excluding hydrogens is 298 g/mol. The molecule has 0 spiro atoms. The third kappa shape index (κ3) is 3.76. The molecule has 2 saturated carbocycles. The molecule has 0 aromatic heterocycles. The van der Waals surface area contributed by atoms with Gasteiger partial charge in [-0.25, -0.2) is 0 Å². The van der Waals surface area contributed by atoms with Gasteiger partial charge >= 0.3 is 0 Å². The number of rotatable bonds is 6. The first-order valence-corrected chi connectivity index (χ1v) is 9.46. The van der Waals surface area contributed by atoms with E-state index in [1.165, 1.54) is 36.8 Å². The first kappa shape index (κ1) is 17.3. The lowest BCUT2D eigenvalue weighted by molar-refractivity contribution is -0.124. The Labute approximate surface area is 146 Å². The Balaban J connectivity index is 1.48. The van der Waals surface area contributed by atoms with Gasteiger partial charge in [-0.1, -0.05) is 26.3 Å². The monoisotopic (exact) mass is 329 g/mol. The molecule has 2 aliphatic carbocycles. The van der Waals surface area contributed by atoms with E-state index in [2.05, 4.69) is 39.1 Å². The van der Waals surface area contributed by atoms with Gasteiger partial charge in [0, 0.05) is 6.04 Å². The topological polar surface area (TPSA) is 38.3 Å². The van der Waals surface area contributed by atoms with Crippen molar-refractivity contribution in [3.05, 3.63) is 29.3 Å². The zero-order chi connectivity index (χ0) is 17.3. The van der Waals surface area contributed by atoms with Crippen molar-refractivity contribution in [1.82, 2.24) is 5.32 Å².